The molecule has 3 rings (SSSR count). The first kappa shape index (κ1) is 17.2. The largest absolute Gasteiger partial charge is 0.361 e. The van der Waals surface area contributed by atoms with Crippen LogP contribution in [0.3, 0.4) is 0 Å². The molecule has 0 saturated carbocycles. The number of nitrogens with one attached hydrogen (secondary N) is 1. The van der Waals surface area contributed by atoms with Gasteiger partial charge >= 0.3 is 0 Å². The minimum absolute atomic E-state index is 0.0342. The lowest BCUT2D eigenvalue weighted by Crippen LogP contribution is -2.47. The van der Waals surface area contributed by atoms with Crippen molar-refractivity contribution >= 4 is 28.9 Å². The van der Waals surface area contributed by atoms with E-state index in [2.05, 4.69) is 5.32 Å². The summed E-state index contributed by atoms with van der Waals surface area (Å²) < 4.78 is 0. The number of benzene rings is 2. The number of rotatable bonds is 4. The number of hydrogen-bond donors (Lipinski definition) is 1. The lowest BCUT2D eigenvalue weighted by Gasteiger charge is -2.41. The Morgan fingerprint density at radius 3 is 2.72 bits per heavy atom. The molecule has 0 aromatic heterocycles. The number of hydrogen-bond acceptors (Lipinski definition) is 4. The number of para-hydroxylation sites is 1. The summed E-state index contributed by atoms with van der Waals surface area (Å²) in [6, 6.07) is 11.9. The number of fused-ring (bicyclic) bond motifs is 1. The van der Waals surface area contributed by atoms with Gasteiger partial charge in [0.15, 0.2) is 0 Å². The van der Waals surface area contributed by atoms with E-state index in [1.54, 1.807) is 17.0 Å². The predicted octanol–water partition coefficient (Wildman–Crippen LogP) is 4.61. The molecule has 25 heavy (non-hydrogen) atoms. The fourth-order valence-electron chi connectivity index (χ4n) is 3.00. The molecule has 7 heteroatoms. The molecule has 0 unspecified atom stereocenters. The molecule has 1 aliphatic heterocycles. The number of nitro benzene ring substituents is 1. The standard InChI is InChI=1S/C18H18ClN3O3/c1-3-11(2)21-17(12-8-9-14(19)16(10-12)22(24)25)20-15-7-5-4-6-13(15)18(21)23/h4-11,17,20H,3H2,1-2H3/t11-,17+/m1/s1. The van der Waals surface area contributed by atoms with Crippen molar-refractivity contribution in [1.82, 2.24) is 4.90 Å². The van der Waals surface area contributed by atoms with Gasteiger partial charge in [-0.05, 0) is 31.5 Å². The average Bonchev–Trinajstić information content (AvgIpc) is 2.61. The van der Waals surface area contributed by atoms with E-state index in [0.29, 0.717) is 11.1 Å². The summed E-state index contributed by atoms with van der Waals surface area (Å²) in [6.45, 7) is 3.96. The van der Waals surface area contributed by atoms with Crippen LogP contribution in [0.2, 0.25) is 5.02 Å². The van der Waals surface area contributed by atoms with E-state index >= 15 is 0 Å². The summed E-state index contributed by atoms with van der Waals surface area (Å²) >= 11 is 5.92. The first-order valence-electron chi connectivity index (χ1n) is 8.06. The molecule has 0 spiro atoms. The third kappa shape index (κ3) is 3.05. The molecule has 0 radical (unpaired) electrons. The number of nitrogens with zero attached hydrogens (tertiary/aromatic N) is 2. The van der Waals surface area contributed by atoms with E-state index in [1.165, 1.54) is 12.1 Å². The third-order valence-corrected chi connectivity index (χ3v) is 4.83. The van der Waals surface area contributed by atoms with Crippen LogP contribution in [0.5, 0.6) is 0 Å². The van der Waals surface area contributed by atoms with Crippen LogP contribution in [0.1, 0.15) is 42.4 Å². The normalized spacial score (nSPS) is 17.6. The van der Waals surface area contributed by atoms with Crippen molar-refractivity contribution in [1.29, 1.82) is 0 Å². The van der Waals surface area contributed by atoms with Gasteiger partial charge in [-0.3, -0.25) is 14.9 Å². The molecule has 1 aliphatic rings. The van der Waals surface area contributed by atoms with Gasteiger partial charge in [0.2, 0.25) is 0 Å². The van der Waals surface area contributed by atoms with Gasteiger partial charge in [0.1, 0.15) is 11.2 Å². The molecule has 0 bridgehead atoms. The predicted molar refractivity (Wildman–Crippen MR) is 96.8 cm³/mol. The van der Waals surface area contributed by atoms with Crippen LogP contribution < -0.4 is 5.32 Å². The van der Waals surface area contributed by atoms with E-state index in [-0.39, 0.29) is 22.7 Å². The Labute approximate surface area is 150 Å². The van der Waals surface area contributed by atoms with Crippen LogP contribution >= 0.6 is 11.6 Å². The fraction of sp³-hybridized carbons (Fsp3) is 0.278. The molecule has 0 fully saturated rings. The second-order valence-corrected chi connectivity index (χ2v) is 6.44. The lowest BCUT2D eigenvalue weighted by atomic mass is 10.0. The number of halogens is 1. The molecular formula is C18H18ClN3O3. The number of anilines is 1. The molecular weight excluding hydrogens is 342 g/mol. The van der Waals surface area contributed by atoms with Crippen molar-refractivity contribution in [2.24, 2.45) is 0 Å². The highest BCUT2D eigenvalue weighted by Crippen LogP contribution is 2.37. The van der Waals surface area contributed by atoms with E-state index < -0.39 is 11.1 Å². The fourth-order valence-corrected chi connectivity index (χ4v) is 3.19. The van der Waals surface area contributed by atoms with Crippen molar-refractivity contribution in [3.8, 4) is 0 Å². The Morgan fingerprint density at radius 2 is 2.04 bits per heavy atom. The zero-order chi connectivity index (χ0) is 18.1. The van der Waals surface area contributed by atoms with Crippen LogP contribution in [0.25, 0.3) is 0 Å². The van der Waals surface area contributed by atoms with Crippen LogP contribution in [-0.4, -0.2) is 21.8 Å². The van der Waals surface area contributed by atoms with Crippen LogP contribution in [0.4, 0.5) is 11.4 Å². The Morgan fingerprint density at radius 1 is 1.32 bits per heavy atom. The molecule has 2 atom stereocenters. The quantitative estimate of drug-likeness (QED) is 0.638. The Bertz CT molecular complexity index is 840. The summed E-state index contributed by atoms with van der Waals surface area (Å²) in [5.74, 6) is -0.0914. The van der Waals surface area contributed by atoms with Crippen molar-refractivity contribution in [3.63, 3.8) is 0 Å². The maximum absolute atomic E-state index is 13.0. The Balaban J connectivity index is 2.11. The number of nitro groups is 1. The van der Waals surface area contributed by atoms with Crippen molar-refractivity contribution in [2.45, 2.75) is 32.5 Å². The third-order valence-electron chi connectivity index (χ3n) is 4.51. The molecule has 1 amide bonds. The summed E-state index contributed by atoms with van der Waals surface area (Å²) in [4.78, 5) is 25.4. The highest BCUT2D eigenvalue weighted by atomic mass is 35.5. The van der Waals surface area contributed by atoms with Crippen LogP contribution in [-0.2, 0) is 0 Å². The SMILES string of the molecule is CC[C@@H](C)N1C(=O)c2ccccc2N[C@@H]1c1ccc(Cl)c([N+](=O)[O-])c1. The Kier molecular flexibility index (Phi) is 4.63. The van der Waals surface area contributed by atoms with Gasteiger partial charge in [0.05, 0.1) is 10.5 Å². The molecule has 2 aromatic rings. The zero-order valence-corrected chi connectivity index (χ0v) is 14.7. The highest BCUT2D eigenvalue weighted by Gasteiger charge is 2.36. The summed E-state index contributed by atoms with van der Waals surface area (Å²) in [5.41, 5.74) is 1.77. The number of carbonyl (C=O) groups is 1. The van der Waals surface area contributed by atoms with Gasteiger partial charge in [-0.15, -0.1) is 0 Å². The second kappa shape index (κ2) is 6.72. The van der Waals surface area contributed by atoms with Gasteiger partial charge in [0.25, 0.3) is 11.6 Å². The summed E-state index contributed by atoms with van der Waals surface area (Å²) in [6.07, 6.45) is 0.273. The lowest BCUT2D eigenvalue weighted by molar-refractivity contribution is -0.384. The minimum atomic E-state index is -0.516. The first-order chi connectivity index (χ1) is 11.9. The summed E-state index contributed by atoms with van der Waals surface area (Å²) in [5, 5.41) is 14.6. The van der Waals surface area contributed by atoms with Crippen molar-refractivity contribution in [2.75, 3.05) is 5.32 Å². The first-order valence-corrected chi connectivity index (χ1v) is 8.44. The maximum Gasteiger partial charge on any atom is 0.288 e. The van der Waals surface area contributed by atoms with E-state index in [4.69, 9.17) is 11.6 Å². The summed E-state index contributed by atoms with van der Waals surface area (Å²) in [7, 11) is 0. The number of carbonyl (C=O) groups excluding carboxylic acids is 1. The Hall–Kier alpha value is -2.60. The monoisotopic (exact) mass is 359 g/mol. The van der Waals surface area contributed by atoms with Gasteiger partial charge in [-0.25, -0.2) is 0 Å². The minimum Gasteiger partial charge on any atom is -0.361 e. The van der Waals surface area contributed by atoms with Gasteiger partial charge in [0, 0.05) is 23.4 Å². The van der Waals surface area contributed by atoms with Gasteiger partial charge < -0.3 is 10.2 Å². The van der Waals surface area contributed by atoms with Crippen LogP contribution in [0, 0.1) is 10.1 Å². The van der Waals surface area contributed by atoms with Crippen molar-refractivity contribution < 1.29 is 9.72 Å². The second-order valence-electron chi connectivity index (χ2n) is 6.03. The van der Waals surface area contributed by atoms with E-state index in [1.807, 2.05) is 32.0 Å². The molecule has 130 valence electrons. The van der Waals surface area contributed by atoms with Gasteiger partial charge in [-0.2, -0.15) is 0 Å². The van der Waals surface area contributed by atoms with Crippen LogP contribution in [0.15, 0.2) is 42.5 Å². The molecule has 1 heterocycles. The zero-order valence-electron chi connectivity index (χ0n) is 13.9. The molecule has 0 saturated heterocycles. The topological polar surface area (TPSA) is 75.5 Å². The highest BCUT2D eigenvalue weighted by molar-refractivity contribution is 6.32. The molecule has 1 N–H and O–H groups in total. The van der Waals surface area contributed by atoms with Crippen molar-refractivity contribution in [3.05, 3.63) is 68.7 Å². The molecule has 0 aliphatic carbocycles. The van der Waals surface area contributed by atoms with E-state index in [9.17, 15) is 14.9 Å². The average molecular weight is 360 g/mol. The maximum atomic E-state index is 13.0. The van der Waals surface area contributed by atoms with E-state index in [0.717, 1.165) is 12.1 Å². The molecule has 2 aromatic carbocycles. The van der Waals surface area contributed by atoms with Gasteiger partial charge in [-0.1, -0.05) is 36.7 Å². The molecule has 6 nitrogen and oxygen atoms in total. The smallest absolute Gasteiger partial charge is 0.288 e. The number of amides is 1.